The molecular weight excluding hydrogens is 392 g/mol. The quantitative estimate of drug-likeness (QED) is 0.444. The van der Waals surface area contributed by atoms with Gasteiger partial charge in [0.1, 0.15) is 0 Å². The number of hydrogen-bond donors (Lipinski definition) is 2. The van der Waals surface area contributed by atoms with E-state index in [0.29, 0.717) is 22.7 Å². The third kappa shape index (κ3) is 3.33. The molecule has 0 radical (unpaired) electrons. The van der Waals surface area contributed by atoms with Gasteiger partial charge in [0, 0.05) is 5.41 Å². The fraction of sp³-hybridized carbons (Fsp3) is 0.867. The van der Waals surface area contributed by atoms with Crippen molar-refractivity contribution < 1.29 is 10.2 Å². The Kier molecular flexibility index (Phi) is 6.33. The summed E-state index contributed by atoms with van der Waals surface area (Å²) in [6.07, 6.45) is 14.2. The van der Waals surface area contributed by atoms with Crippen LogP contribution in [0.4, 0.5) is 0 Å². The van der Waals surface area contributed by atoms with E-state index in [-0.39, 0.29) is 23.5 Å². The van der Waals surface area contributed by atoms with Gasteiger partial charge in [0.15, 0.2) is 0 Å². The number of aliphatic hydroxyl groups is 2. The predicted octanol–water partition coefficient (Wildman–Crippen LogP) is 7.45. The van der Waals surface area contributed by atoms with Gasteiger partial charge in [0.25, 0.3) is 0 Å². The summed E-state index contributed by atoms with van der Waals surface area (Å²) >= 11 is 0. The summed E-state index contributed by atoms with van der Waals surface area (Å²) in [6.45, 7) is 17.0. The van der Waals surface area contributed by atoms with Gasteiger partial charge in [-0.05, 0) is 119 Å². The van der Waals surface area contributed by atoms with Crippen LogP contribution in [0.1, 0.15) is 113 Å². The summed E-state index contributed by atoms with van der Waals surface area (Å²) in [7, 11) is 0. The third-order valence-electron chi connectivity index (χ3n) is 11.9. The van der Waals surface area contributed by atoms with Gasteiger partial charge in [0.05, 0.1) is 12.7 Å². The lowest BCUT2D eigenvalue weighted by Gasteiger charge is -2.69. The van der Waals surface area contributed by atoms with Crippen LogP contribution in [-0.2, 0) is 0 Å². The zero-order chi connectivity index (χ0) is 23.5. The number of aliphatic hydroxyl groups excluding tert-OH is 2. The first kappa shape index (κ1) is 24.5. The Bertz CT molecular complexity index is 791. The summed E-state index contributed by atoms with van der Waals surface area (Å²) in [5, 5.41) is 21.2. The fourth-order valence-corrected chi connectivity index (χ4v) is 9.79. The van der Waals surface area contributed by atoms with Crippen LogP contribution in [0, 0.1) is 39.4 Å². The summed E-state index contributed by atoms with van der Waals surface area (Å²) in [5.74, 6) is 1.90. The topological polar surface area (TPSA) is 40.5 Å². The molecule has 1 unspecified atom stereocenters. The molecule has 4 rings (SSSR count). The highest BCUT2D eigenvalue weighted by Gasteiger charge is 2.68. The first-order valence-corrected chi connectivity index (χ1v) is 13.5. The summed E-state index contributed by atoms with van der Waals surface area (Å²) in [4.78, 5) is 0. The molecule has 2 nitrogen and oxygen atoms in total. The van der Waals surface area contributed by atoms with Crippen LogP contribution in [-0.4, -0.2) is 22.9 Å². The average Bonchev–Trinajstić information content (AvgIpc) is 3.09. The van der Waals surface area contributed by atoms with Crippen molar-refractivity contribution in [1.29, 1.82) is 0 Å². The highest BCUT2D eigenvalue weighted by Crippen LogP contribution is 2.75. The minimum atomic E-state index is -0.355. The van der Waals surface area contributed by atoms with E-state index in [9.17, 15) is 10.2 Å². The predicted molar refractivity (Wildman–Crippen MR) is 134 cm³/mol. The van der Waals surface area contributed by atoms with Crippen LogP contribution in [0.2, 0.25) is 0 Å². The van der Waals surface area contributed by atoms with Crippen LogP contribution in [0.3, 0.4) is 0 Å². The van der Waals surface area contributed by atoms with E-state index in [1.54, 1.807) is 11.1 Å². The van der Waals surface area contributed by atoms with E-state index < -0.39 is 0 Å². The summed E-state index contributed by atoms with van der Waals surface area (Å²) < 4.78 is 0. The van der Waals surface area contributed by atoms with Crippen molar-refractivity contribution in [3.63, 3.8) is 0 Å². The first-order valence-electron chi connectivity index (χ1n) is 13.5. The van der Waals surface area contributed by atoms with Crippen molar-refractivity contribution in [2.24, 2.45) is 39.4 Å². The summed E-state index contributed by atoms with van der Waals surface area (Å²) in [5.41, 5.74) is 5.57. The van der Waals surface area contributed by atoms with Gasteiger partial charge in [-0.25, -0.2) is 0 Å². The zero-order valence-electron chi connectivity index (χ0n) is 22.1. The van der Waals surface area contributed by atoms with Crippen molar-refractivity contribution >= 4 is 0 Å². The van der Waals surface area contributed by atoms with E-state index in [1.807, 2.05) is 0 Å². The maximum absolute atomic E-state index is 10.9. The lowest BCUT2D eigenvalue weighted by Crippen LogP contribution is -2.64. The standard InChI is InChI=1S/C30H50O2/c1-20(2)9-8-10-21(3)22-13-17-29(6)23(22)11-12-25-27(4)16-15-26(32)28(5,19-31)24(27)14-18-30(25,29)7/h9,23-26,31-32H,8,10-19H2,1-7H3/b22-21-/t23-,24?,25-,26-,27-,28+,29-,30-/m0/s1. The van der Waals surface area contributed by atoms with Gasteiger partial charge in [-0.15, -0.1) is 0 Å². The second-order valence-electron chi connectivity index (χ2n) is 13.5. The molecule has 0 aromatic heterocycles. The molecule has 2 N–H and O–H groups in total. The van der Waals surface area contributed by atoms with E-state index >= 15 is 0 Å². The number of allylic oxidation sites excluding steroid dienone is 4. The number of fused-ring (bicyclic) bond motifs is 5. The van der Waals surface area contributed by atoms with Gasteiger partial charge in [-0.2, -0.15) is 0 Å². The molecule has 0 spiro atoms. The lowest BCUT2D eigenvalue weighted by molar-refractivity contribution is -0.227. The van der Waals surface area contributed by atoms with Gasteiger partial charge >= 0.3 is 0 Å². The molecule has 182 valence electrons. The molecule has 0 aromatic rings. The Morgan fingerprint density at radius 1 is 0.906 bits per heavy atom. The van der Waals surface area contributed by atoms with Crippen LogP contribution in [0.5, 0.6) is 0 Å². The molecule has 32 heavy (non-hydrogen) atoms. The number of rotatable bonds is 4. The van der Waals surface area contributed by atoms with Crippen LogP contribution < -0.4 is 0 Å². The van der Waals surface area contributed by atoms with Crippen molar-refractivity contribution in [2.75, 3.05) is 6.61 Å². The molecule has 0 saturated heterocycles. The molecular formula is C30H50O2. The largest absolute Gasteiger partial charge is 0.396 e. The molecule has 4 fully saturated rings. The highest BCUT2D eigenvalue weighted by atomic mass is 16.3. The van der Waals surface area contributed by atoms with Gasteiger partial charge in [0.2, 0.25) is 0 Å². The Morgan fingerprint density at radius 3 is 2.28 bits per heavy atom. The van der Waals surface area contributed by atoms with Crippen molar-refractivity contribution in [3.05, 3.63) is 22.8 Å². The molecule has 0 aliphatic heterocycles. The van der Waals surface area contributed by atoms with E-state index in [1.165, 1.54) is 56.9 Å². The van der Waals surface area contributed by atoms with Crippen molar-refractivity contribution in [2.45, 2.75) is 119 Å². The SMILES string of the molecule is CC(C)=CCC/C(C)=C1/CC[C@@]2(C)[C@H]1CC[C@H]1[C@@]3(C)CC[C@H](O)[C@](C)(CO)C3CC[C@@]12C. The molecule has 4 aliphatic rings. The van der Waals surface area contributed by atoms with Crippen molar-refractivity contribution in [3.8, 4) is 0 Å². The first-order chi connectivity index (χ1) is 14.9. The monoisotopic (exact) mass is 442 g/mol. The van der Waals surface area contributed by atoms with Gasteiger partial charge in [-0.3, -0.25) is 0 Å². The maximum Gasteiger partial charge on any atom is 0.0618 e. The second-order valence-corrected chi connectivity index (χ2v) is 13.5. The van der Waals surface area contributed by atoms with Crippen LogP contribution in [0.15, 0.2) is 22.8 Å². The molecule has 0 amide bonds. The minimum Gasteiger partial charge on any atom is -0.396 e. The second kappa shape index (κ2) is 8.26. The normalized spacial score (nSPS) is 49.7. The maximum atomic E-state index is 10.9. The molecule has 4 saturated carbocycles. The minimum absolute atomic E-state index is 0.121. The van der Waals surface area contributed by atoms with Gasteiger partial charge in [-0.1, -0.05) is 50.5 Å². The van der Waals surface area contributed by atoms with E-state index in [0.717, 1.165) is 18.8 Å². The molecule has 2 heteroatoms. The van der Waals surface area contributed by atoms with Crippen LogP contribution >= 0.6 is 0 Å². The Balaban J connectivity index is 1.65. The Hall–Kier alpha value is -0.600. The molecule has 0 heterocycles. The average molecular weight is 443 g/mol. The third-order valence-corrected chi connectivity index (χ3v) is 11.9. The smallest absolute Gasteiger partial charge is 0.0618 e. The summed E-state index contributed by atoms with van der Waals surface area (Å²) in [6, 6.07) is 0. The highest BCUT2D eigenvalue weighted by molar-refractivity contribution is 5.29. The van der Waals surface area contributed by atoms with E-state index in [2.05, 4.69) is 54.5 Å². The fourth-order valence-electron chi connectivity index (χ4n) is 9.79. The zero-order valence-corrected chi connectivity index (χ0v) is 22.1. The Morgan fingerprint density at radius 2 is 1.62 bits per heavy atom. The molecule has 0 aromatic carbocycles. The van der Waals surface area contributed by atoms with E-state index in [4.69, 9.17) is 0 Å². The molecule has 0 bridgehead atoms. The lowest BCUT2D eigenvalue weighted by atomic mass is 9.35. The number of hydrogen-bond acceptors (Lipinski definition) is 2. The molecule has 8 atom stereocenters. The van der Waals surface area contributed by atoms with Crippen LogP contribution in [0.25, 0.3) is 0 Å². The molecule has 4 aliphatic carbocycles. The van der Waals surface area contributed by atoms with Crippen molar-refractivity contribution in [1.82, 2.24) is 0 Å². The Labute approximate surface area is 198 Å². The van der Waals surface area contributed by atoms with Gasteiger partial charge < -0.3 is 10.2 Å².